The summed E-state index contributed by atoms with van der Waals surface area (Å²) in [5.74, 6) is 0.0664. The van der Waals surface area contributed by atoms with Gasteiger partial charge in [-0.25, -0.2) is 13.8 Å². The number of aromatic amines is 1. The minimum Gasteiger partial charge on any atom is -0.323 e. The average molecular weight is 270 g/mol. The van der Waals surface area contributed by atoms with Crippen molar-refractivity contribution in [3.05, 3.63) is 41.2 Å². The highest BCUT2D eigenvalue weighted by atomic mass is 32.2. The molecule has 0 bridgehead atoms. The number of aromatic nitrogens is 3. The molecule has 0 amide bonds. The van der Waals surface area contributed by atoms with Crippen LogP contribution in [-0.4, -0.2) is 20.9 Å². The number of hydrogen-bond acceptors (Lipinski definition) is 4. The fourth-order valence-corrected chi connectivity index (χ4v) is 2.26. The van der Waals surface area contributed by atoms with E-state index in [1.165, 1.54) is 11.8 Å². The van der Waals surface area contributed by atoms with Gasteiger partial charge >= 0.3 is 0 Å². The number of rotatable bonds is 4. The number of H-pyrrole nitrogens is 1. The molecule has 2 aromatic rings. The summed E-state index contributed by atoms with van der Waals surface area (Å²) in [7, 11) is 0. The molecule has 0 aliphatic heterocycles. The molecule has 0 aliphatic rings. The van der Waals surface area contributed by atoms with Gasteiger partial charge in [-0.1, -0.05) is 11.8 Å². The van der Waals surface area contributed by atoms with Gasteiger partial charge in [-0.05, 0) is 25.1 Å². The molecule has 0 spiro atoms. The van der Waals surface area contributed by atoms with Crippen LogP contribution in [0.5, 0.6) is 0 Å². The molecule has 0 saturated heterocycles. The fraction of sp³-hybridized carbons (Fsp3) is 0.273. The Kier molecular flexibility index (Phi) is 3.93. The van der Waals surface area contributed by atoms with Gasteiger partial charge in [0.05, 0.1) is 0 Å². The van der Waals surface area contributed by atoms with Crippen molar-refractivity contribution in [3.8, 4) is 0 Å². The van der Waals surface area contributed by atoms with E-state index in [0.717, 1.165) is 18.2 Å². The van der Waals surface area contributed by atoms with Gasteiger partial charge in [0.1, 0.15) is 17.5 Å². The van der Waals surface area contributed by atoms with Gasteiger partial charge < -0.3 is 5.73 Å². The first kappa shape index (κ1) is 13.0. The number of thioether (sulfide) groups is 1. The number of nitrogens with zero attached hydrogens (tertiary/aromatic N) is 2. The summed E-state index contributed by atoms with van der Waals surface area (Å²) < 4.78 is 26.5. The summed E-state index contributed by atoms with van der Waals surface area (Å²) >= 11 is 1.29. The molecule has 96 valence electrons. The zero-order valence-electron chi connectivity index (χ0n) is 9.65. The highest BCUT2D eigenvalue weighted by molar-refractivity contribution is 7.99. The van der Waals surface area contributed by atoms with Gasteiger partial charge in [-0.2, -0.15) is 0 Å². The van der Waals surface area contributed by atoms with Crippen molar-refractivity contribution >= 4 is 11.8 Å². The molecule has 4 nitrogen and oxygen atoms in total. The number of benzene rings is 1. The highest BCUT2D eigenvalue weighted by Gasteiger charge is 2.14. The molecule has 0 fully saturated rings. The fourth-order valence-electron chi connectivity index (χ4n) is 1.44. The van der Waals surface area contributed by atoms with E-state index >= 15 is 0 Å². The molecule has 2 rings (SSSR count). The van der Waals surface area contributed by atoms with Gasteiger partial charge in [-0.3, -0.25) is 5.10 Å². The Morgan fingerprint density at radius 3 is 2.89 bits per heavy atom. The molecule has 1 unspecified atom stereocenters. The van der Waals surface area contributed by atoms with Gasteiger partial charge in [0.25, 0.3) is 0 Å². The highest BCUT2D eigenvalue weighted by Crippen LogP contribution is 2.23. The third kappa shape index (κ3) is 3.05. The van der Waals surface area contributed by atoms with Gasteiger partial charge in [-0.15, -0.1) is 5.10 Å². The summed E-state index contributed by atoms with van der Waals surface area (Å²) in [5, 5.41) is 7.16. The lowest BCUT2D eigenvalue weighted by molar-refractivity contribution is 0.573. The first-order valence-electron chi connectivity index (χ1n) is 5.28. The van der Waals surface area contributed by atoms with Crippen molar-refractivity contribution in [2.45, 2.75) is 18.1 Å². The molecule has 3 N–H and O–H groups in total. The normalized spacial score (nSPS) is 12.7. The Hall–Kier alpha value is -1.47. The van der Waals surface area contributed by atoms with E-state index in [0.29, 0.717) is 16.7 Å². The minimum atomic E-state index is -0.607. The Morgan fingerprint density at radius 2 is 2.22 bits per heavy atom. The Morgan fingerprint density at radius 1 is 1.44 bits per heavy atom. The topological polar surface area (TPSA) is 67.6 Å². The predicted molar refractivity (Wildman–Crippen MR) is 65.1 cm³/mol. The van der Waals surface area contributed by atoms with E-state index < -0.39 is 17.7 Å². The molecular weight excluding hydrogens is 258 g/mol. The van der Waals surface area contributed by atoms with E-state index in [1.54, 1.807) is 6.92 Å². The van der Waals surface area contributed by atoms with E-state index in [1.807, 2.05) is 0 Å². The first-order chi connectivity index (χ1) is 8.56. The number of nitrogens with one attached hydrogen (secondary N) is 1. The first-order valence-corrected chi connectivity index (χ1v) is 6.27. The van der Waals surface area contributed by atoms with Crippen LogP contribution in [0, 0.1) is 18.6 Å². The lowest BCUT2D eigenvalue weighted by Crippen LogP contribution is -2.15. The molecule has 0 saturated carbocycles. The summed E-state index contributed by atoms with van der Waals surface area (Å²) in [6.07, 6.45) is 0. The molecule has 18 heavy (non-hydrogen) atoms. The second kappa shape index (κ2) is 5.45. The van der Waals surface area contributed by atoms with Crippen LogP contribution >= 0.6 is 11.8 Å². The molecule has 7 heteroatoms. The summed E-state index contributed by atoms with van der Waals surface area (Å²) in [6.45, 7) is 1.78. The van der Waals surface area contributed by atoms with E-state index in [4.69, 9.17) is 5.73 Å². The maximum absolute atomic E-state index is 13.5. The monoisotopic (exact) mass is 270 g/mol. The maximum Gasteiger partial charge on any atom is 0.208 e. The van der Waals surface area contributed by atoms with Crippen molar-refractivity contribution < 1.29 is 8.78 Å². The van der Waals surface area contributed by atoms with Gasteiger partial charge in [0.15, 0.2) is 0 Å². The number of aryl methyl sites for hydroxylation is 1. The zero-order valence-corrected chi connectivity index (χ0v) is 10.5. The van der Waals surface area contributed by atoms with Crippen LogP contribution in [0.3, 0.4) is 0 Å². The molecule has 1 heterocycles. The lowest BCUT2D eigenvalue weighted by atomic mass is 10.1. The minimum absolute atomic E-state index is 0.162. The molecule has 1 atom stereocenters. The molecule has 1 aromatic heterocycles. The van der Waals surface area contributed by atoms with Crippen molar-refractivity contribution in [2.24, 2.45) is 5.73 Å². The molecule has 1 aromatic carbocycles. The van der Waals surface area contributed by atoms with E-state index in [2.05, 4.69) is 15.2 Å². The van der Waals surface area contributed by atoms with Crippen LogP contribution in [0.15, 0.2) is 23.4 Å². The van der Waals surface area contributed by atoms with Crippen LogP contribution in [-0.2, 0) is 0 Å². The van der Waals surface area contributed by atoms with E-state index in [-0.39, 0.29) is 5.56 Å². The number of hydrogen-bond donors (Lipinski definition) is 2. The van der Waals surface area contributed by atoms with Crippen LogP contribution in [0.1, 0.15) is 17.4 Å². The lowest BCUT2D eigenvalue weighted by Gasteiger charge is -2.11. The molecule has 0 aliphatic carbocycles. The van der Waals surface area contributed by atoms with Crippen molar-refractivity contribution in [2.75, 3.05) is 5.75 Å². The number of nitrogens with two attached hydrogens (primary N) is 1. The third-order valence-corrected chi connectivity index (χ3v) is 3.29. The Bertz CT molecular complexity index is 544. The van der Waals surface area contributed by atoms with Crippen molar-refractivity contribution in [3.63, 3.8) is 0 Å². The third-order valence-electron chi connectivity index (χ3n) is 2.33. The maximum atomic E-state index is 13.5. The summed E-state index contributed by atoms with van der Waals surface area (Å²) in [4.78, 5) is 4.09. The average Bonchev–Trinajstić information content (AvgIpc) is 2.75. The smallest absolute Gasteiger partial charge is 0.208 e. The van der Waals surface area contributed by atoms with Gasteiger partial charge in [0, 0.05) is 17.4 Å². The number of halogens is 2. The van der Waals surface area contributed by atoms with Gasteiger partial charge in [0.2, 0.25) is 5.16 Å². The standard InChI is InChI=1S/C11H12F2N4S/c1-6-15-11(17-16-6)18-5-10(14)8-4-7(12)2-3-9(8)13/h2-4,10H,5,14H2,1H3,(H,15,16,17). The van der Waals surface area contributed by atoms with Crippen molar-refractivity contribution in [1.29, 1.82) is 0 Å². The Labute approximate surface area is 107 Å². The van der Waals surface area contributed by atoms with Crippen LogP contribution < -0.4 is 5.73 Å². The summed E-state index contributed by atoms with van der Waals surface area (Å²) in [5.41, 5.74) is 5.99. The van der Waals surface area contributed by atoms with E-state index in [9.17, 15) is 8.78 Å². The van der Waals surface area contributed by atoms with Crippen molar-refractivity contribution in [1.82, 2.24) is 15.2 Å². The van der Waals surface area contributed by atoms with Crippen LogP contribution in [0.2, 0.25) is 0 Å². The predicted octanol–water partition coefficient (Wildman–Crippen LogP) is 2.18. The Balaban J connectivity index is 2.03. The SMILES string of the molecule is Cc1nc(SCC(N)c2cc(F)ccc2F)n[nH]1. The second-order valence-corrected chi connectivity index (χ2v) is 4.77. The molecule has 0 radical (unpaired) electrons. The zero-order chi connectivity index (χ0) is 13.1. The molecular formula is C11H12F2N4S. The summed E-state index contributed by atoms with van der Waals surface area (Å²) in [6, 6.07) is 2.65. The largest absolute Gasteiger partial charge is 0.323 e. The second-order valence-electron chi connectivity index (χ2n) is 3.79. The van der Waals surface area contributed by atoms with Crippen LogP contribution in [0.25, 0.3) is 0 Å². The quantitative estimate of drug-likeness (QED) is 0.836. The van der Waals surface area contributed by atoms with Crippen LogP contribution in [0.4, 0.5) is 8.78 Å².